The van der Waals surface area contributed by atoms with Gasteiger partial charge in [0.25, 0.3) is 0 Å². The van der Waals surface area contributed by atoms with Crippen molar-refractivity contribution in [2.24, 2.45) is 23.7 Å². The van der Waals surface area contributed by atoms with E-state index in [-0.39, 0.29) is 5.41 Å². The Balaban J connectivity index is 1.09. The Morgan fingerprint density at radius 1 is 0.474 bits per heavy atom. The third kappa shape index (κ3) is 4.36. The van der Waals surface area contributed by atoms with E-state index in [1.165, 1.54) is 86.2 Å². The number of nitrogens with zero attached hydrogens (tertiary/aromatic N) is 2. The lowest BCUT2D eigenvalue weighted by molar-refractivity contribution is 0.191. The molecule has 5 atom stereocenters. The Labute approximate surface area is 333 Å². The average Bonchev–Trinajstić information content (AvgIpc) is 3.93. The lowest BCUT2D eigenvalue weighted by Crippen LogP contribution is -2.40. The molecule has 4 fully saturated rings. The second-order valence-corrected chi connectivity index (χ2v) is 17.3. The molecule has 57 heavy (non-hydrogen) atoms. The van der Waals surface area contributed by atoms with Gasteiger partial charge in [0.15, 0.2) is 0 Å². The molecule has 4 saturated carbocycles. The van der Waals surface area contributed by atoms with Crippen LogP contribution in [0, 0.1) is 23.7 Å². The minimum absolute atomic E-state index is 0.131. The van der Waals surface area contributed by atoms with E-state index in [4.69, 9.17) is 0 Å². The molecule has 2 nitrogen and oxygen atoms in total. The van der Waals surface area contributed by atoms with Gasteiger partial charge in [0.05, 0.1) is 16.7 Å². The van der Waals surface area contributed by atoms with Crippen LogP contribution in [0.15, 0.2) is 182 Å². The first-order chi connectivity index (χ1) is 28.2. The minimum Gasteiger partial charge on any atom is -0.310 e. The fourth-order valence-electron chi connectivity index (χ4n) is 12.8. The summed E-state index contributed by atoms with van der Waals surface area (Å²) in [6, 6.07) is 68.5. The van der Waals surface area contributed by atoms with Crippen molar-refractivity contribution in [2.75, 3.05) is 4.90 Å². The molecule has 0 radical (unpaired) electrons. The summed E-state index contributed by atoms with van der Waals surface area (Å²) in [5, 5.41) is 5.02. The molecule has 0 aliphatic heterocycles. The number of aromatic nitrogens is 1. The van der Waals surface area contributed by atoms with Gasteiger partial charge in [-0.15, -0.1) is 0 Å². The van der Waals surface area contributed by atoms with E-state index >= 15 is 0 Å². The van der Waals surface area contributed by atoms with Crippen LogP contribution in [-0.4, -0.2) is 4.57 Å². The quantitative estimate of drug-likeness (QED) is 0.171. The Hall–Kier alpha value is -6.38. The van der Waals surface area contributed by atoms with Gasteiger partial charge >= 0.3 is 0 Å². The molecule has 9 aromatic rings. The van der Waals surface area contributed by atoms with Crippen molar-refractivity contribution in [3.8, 4) is 27.9 Å². The SMILES string of the molecule is c1ccc(N(c2cc(-c3ccc4c(c3)C3(c5ccccc5-4)C4CC5CC(C4)C3C5)cc(-n3c4ccccc4c4ccccc43)c2)c2cccc3ccccc23)cc1. The van der Waals surface area contributed by atoms with Crippen molar-refractivity contribution in [3.05, 3.63) is 193 Å². The summed E-state index contributed by atoms with van der Waals surface area (Å²) < 4.78 is 2.49. The zero-order chi connectivity index (χ0) is 37.2. The molecule has 0 N–H and O–H groups in total. The first kappa shape index (κ1) is 31.8. The van der Waals surface area contributed by atoms with Crippen LogP contribution < -0.4 is 4.90 Å². The van der Waals surface area contributed by atoms with Gasteiger partial charge in [-0.3, -0.25) is 0 Å². The number of anilines is 3. The Morgan fingerprint density at radius 3 is 2.00 bits per heavy atom. The van der Waals surface area contributed by atoms with Gasteiger partial charge in [-0.1, -0.05) is 127 Å². The maximum atomic E-state index is 2.64. The predicted molar refractivity (Wildman–Crippen MR) is 237 cm³/mol. The molecule has 5 aliphatic carbocycles. The summed E-state index contributed by atoms with van der Waals surface area (Å²) in [5.41, 5.74) is 15.9. The molecule has 8 aromatic carbocycles. The number of rotatable bonds is 5. The van der Waals surface area contributed by atoms with Crippen LogP contribution >= 0.6 is 0 Å². The summed E-state index contributed by atoms with van der Waals surface area (Å²) in [6.45, 7) is 0. The maximum absolute atomic E-state index is 2.64. The molecule has 2 heteroatoms. The molecular weight excluding hydrogens is 689 g/mol. The van der Waals surface area contributed by atoms with Crippen molar-refractivity contribution < 1.29 is 0 Å². The average molecular weight is 731 g/mol. The maximum Gasteiger partial charge on any atom is 0.0541 e. The van der Waals surface area contributed by atoms with E-state index in [1.807, 2.05) is 0 Å². The molecule has 5 unspecified atom stereocenters. The summed E-state index contributed by atoms with van der Waals surface area (Å²) in [5.74, 6) is 3.27. The molecule has 5 aliphatic rings. The third-order valence-corrected chi connectivity index (χ3v) is 14.7. The van der Waals surface area contributed by atoms with Crippen LogP contribution in [0.25, 0.3) is 60.5 Å². The Morgan fingerprint density at radius 2 is 1.18 bits per heavy atom. The highest BCUT2D eigenvalue weighted by Gasteiger charge is 2.65. The number of hydrogen-bond acceptors (Lipinski definition) is 1. The van der Waals surface area contributed by atoms with Crippen molar-refractivity contribution in [1.82, 2.24) is 4.57 Å². The first-order valence-electron chi connectivity index (χ1n) is 21.0. The number of benzene rings is 8. The molecule has 1 aromatic heterocycles. The lowest BCUT2D eigenvalue weighted by atomic mass is 9.59. The summed E-state index contributed by atoms with van der Waals surface area (Å²) >= 11 is 0. The summed E-state index contributed by atoms with van der Waals surface area (Å²) in [6.07, 6.45) is 5.61. The fraction of sp³-hybridized carbons (Fsp3) is 0.164. The van der Waals surface area contributed by atoms with Crippen molar-refractivity contribution in [1.29, 1.82) is 0 Å². The van der Waals surface area contributed by atoms with Crippen molar-refractivity contribution >= 4 is 49.6 Å². The highest BCUT2D eigenvalue weighted by Crippen LogP contribution is 2.73. The van der Waals surface area contributed by atoms with Crippen LogP contribution in [0.1, 0.15) is 36.8 Å². The monoisotopic (exact) mass is 730 g/mol. The fourth-order valence-corrected chi connectivity index (χ4v) is 12.8. The minimum atomic E-state index is 0.131. The van der Waals surface area contributed by atoms with Gasteiger partial charge < -0.3 is 9.47 Å². The van der Waals surface area contributed by atoms with Gasteiger partial charge in [-0.05, 0) is 143 Å². The molecule has 272 valence electrons. The third-order valence-electron chi connectivity index (χ3n) is 14.7. The summed E-state index contributed by atoms with van der Waals surface area (Å²) in [4.78, 5) is 2.47. The topological polar surface area (TPSA) is 8.17 Å². The highest BCUT2D eigenvalue weighted by molar-refractivity contribution is 6.09. The number of hydrogen-bond donors (Lipinski definition) is 0. The Kier molecular flexibility index (Phi) is 6.59. The van der Waals surface area contributed by atoms with E-state index in [2.05, 4.69) is 191 Å². The first-order valence-corrected chi connectivity index (χ1v) is 21.0. The zero-order valence-corrected chi connectivity index (χ0v) is 31.9. The predicted octanol–water partition coefficient (Wildman–Crippen LogP) is 14.4. The van der Waals surface area contributed by atoms with Gasteiger partial charge in [-0.2, -0.15) is 0 Å². The van der Waals surface area contributed by atoms with Crippen molar-refractivity contribution in [2.45, 2.75) is 31.1 Å². The molecule has 0 amide bonds. The van der Waals surface area contributed by atoms with Crippen LogP contribution in [0.3, 0.4) is 0 Å². The standard InChI is InChI=1S/C55H42N2/c1-2-15-41(16-3-1)56(52-24-12-14-36-13-4-5-17-44(36)52)42-31-38(32-43(34-42)57-53-22-10-7-19-47(53)48-20-8-11-23-54(48)57)37-25-26-46-45-18-6-9-21-49(45)55(51(46)33-37)40-28-35-27-39(30-40)50(55)29-35/h1-26,31-35,39-40,50H,27-30H2. The largest absolute Gasteiger partial charge is 0.310 e. The van der Waals surface area contributed by atoms with E-state index < -0.39 is 0 Å². The molecule has 1 heterocycles. The molecule has 4 bridgehead atoms. The van der Waals surface area contributed by atoms with Crippen LogP contribution in [0.5, 0.6) is 0 Å². The molecule has 14 rings (SSSR count). The molecular formula is C55H42N2. The molecule has 0 saturated heterocycles. The summed E-state index contributed by atoms with van der Waals surface area (Å²) in [7, 11) is 0. The van der Waals surface area contributed by atoms with Gasteiger partial charge in [0.1, 0.15) is 0 Å². The zero-order valence-electron chi connectivity index (χ0n) is 31.9. The Bertz CT molecular complexity index is 3020. The second-order valence-electron chi connectivity index (χ2n) is 17.3. The molecule has 1 spiro atoms. The van der Waals surface area contributed by atoms with E-state index in [9.17, 15) is 0 Å². The van der Waals surface area contributed by atoms with Gasteiger partial charge in [-0.25, -0.2) is 0 Å². The van der Waals surface area contributed by atoms with Crippen LogP contribution in [0.2, 0.25) is 0 Å². The van der Waals surface area contributed by atoms with E-state index in [1.54, 1.807) is 11.1 Å². The van der Waals surface area contributed by atoms with E-state index in [0.717, 1.165) is 40.7 Å². The van der Waals surface area contributed by atoms with Gasteiger partial charge in [0, 0.05) is 38.6 Å². The number of para-hydroxylation sites is 3. The van der Waals surface area contributed by atoms with Crippen molar-refractivity contribution in [3.63, 3.8) is 0 Å². The van der Waals surface area contributed by atoms with Crippen LogP contribution in [-0.2, 0) is 5.41 Å². The number of fused-ring (bicyclic) bond motifs is 7. The van der Waals surface area contributed by atoms with Gasteiger partial charge in [0.2, 0.25) is 0 Å². The normalized spacial score (nSPS) is 22.5. The van der Waals surface area contributed by atoms with E-state index in [0.29, 0.717) is 0 Å². The smallest absolute Gasteiger partial charge is 0.0541 e. The lowest BCUT2D eigenvalue weighted by Gasteiger charge is -2.44. The van der Waals surface area contributed by atoms with Crippen LogP contribution in [0.4, 0.5) is 17.1 Å². The second kappa shape index (κ2) is 11.8. The highest BCUT2D eigenvalue weighted by atomic mass is 15.1.